The second-order valence-corrected chi connectivity index (χ2v) is 7.96. The third kappa shape index (κ3) is 3.49. The van der Waals surface area contributed by atoms with E-state index in [0.717, 1.165) is 28.6 Å². The molecule has 2 amide bonds. The van der Waals surface area contributed by atoms with Crippen LogP contribution in [0.25, 0.3) is 0 Å². The van der Waals surface area contributed by atoms with Crippen molar-refractivity contribution < 1.29 is 19.1 Å². The summed E-state index contributed by atoms with van der Waals surface area (Å²) in [5, 5.41) is 2.90. The summed E-state index contributed by atoms with van der Waals surface area (Å²) >= 11 is 3.45. The van der Waals surface area contributed by atoms with Crippen molar-refractivity contribution in [2.45, 2.75) is 44.6 Å². The van der Waals surface area contributed by atoms with Gasteiger partial charge in [0.1, 0.15) is 5.54 Å². The number of ether oxygens (including phenoxy) is 1. The Morgan fingerprint density at radius 1 is 1.31 bits per heavy atom. The molecule has 6 nitrogen and oxygen atoms in total. The van der Waals surface area contributed by atoms with Gasteiger partial charge in [0.05, 0.1) is 13.0 Å². The minimum Gasteiger partial charge on any atom is -0.467 e. The maximum absolute atomic E-state index is 12.8. The van der Waals surface area contributed by atoms with Gasteiger partial charge in [-0.15, -0.1) is 0 Å². The monoisotopic (exact) mass is 422 g/mol. The fourth-order valence-electron chi connectivity index (χ4n) is 3.82. The van der Waals surface area contributed by atoms with E-state index in [1.165, 1.54) is 7.11 Å². The summed E-state index contributed by atoms with van der Waals surface area (Å²) in [7, 11) is 1.34. The molecule has 0 radical (unpaired) electrons. The predicted molar refractivity (Wildman–Crippen MR) is 101 cm³/mol. The molecule has 1 saturated carbocycles. The van der Waals surface area contributed by atoms with Crippen LogP contribution in [0.15, 0.2) is 22.7 Å². The molecule has 2 fully saturated rings. The lowest BCUT2D eigenvalue weighted by molar-refractivity contribution is -0.151. The number of esters is 1. The van der Waals surface area contributed by atoms with E-state index in [9.17, 15) is 14.4 Å². The highest BCUT2D eigenvalue weighted by Gasteiger charge is 2.46. The van der Waals surface area contributed by atoms with Gasteiger partial charge in [0.2, 0.25) is 11.8 Å². The summed E-state index contributed by atoms with van der Waals surface area (Å²) in [6.45, 7) is 2.28. The zero-order valence-corrected chi connectivity index (χ0v) is 16.6. The predicted octanol–water partition coefficient (Wildman–Crippen LogP) is 2.71. The van der Waals surface area contributed by atoms with Crippen LogP contribution in [0.4, 0.5) is 5.69 Å². The molecule has 26 heavy (non-hydrogen) atoms. The Balaban J connectivity index is 1.72. The first-order valence-electron chi connectivity index (χ1n) is 8.83. The number of aryl methyl sites for hydroxylation is 1. The SMILES string of the molecule is COC(=O)C1(NC(=O)C2CC(=O)N(c3ccc(Br)c(C)c3)C2)CCCC1. The van der Waals surface area contributed by atoms with Crippen molar-refractivity contribution in [1.29, 1.82) is 0 Å². The van der Waals surface area contributed by atoms with Crippen molar-refractivity contribution in [3.05, 3.63) is 28.2 Å². The van der Waals surface area contributed by atoms with E-state index in [2.05, 4.69) is 21.2 Å². The molecule has 1 unspecified atom stereocenters. The number of carbonyl (C=O) groups excluding carboxylic acids is 3. The van der Waals surface area contributed by atoms with Gasteiger partial charge in [-0.3, -0.25) is 9.59 Å². The molecule has 1 aromatic rings. The maximum atomic E-state index is 12.8. The fraction of sp³-hybridized carbons (Fsp3) is 0.526. The molecular formula is C19H23BrN2O4. The van der Waals surface area contributed by atoms with Gasteiger partial charge < -0.3 is 15.0 Å². The van der Waals surface area contributed by atoms with Gasteiger partial charge in [-0.1, -0.05) is 28.8 Å². The molecular weight excluding hydrogens is 400 g/mol. The van der Waals surface area contributed by atoms with Crippen LogP contribution in [-0.2, 0) is 19.1 Å². The second kappa shape index (κ2) is 7.39. The number of anilines is 1. The summed E-state index contributed by atoms with van der Waals surface area (Å²) in [4.78, 5) is 39.0. The van der Waals surface area contributed by atoms with E-state index < -0.39 is 17.4 Å². The largest absolute Gasteiger partial charge is 0.467 e. The highest BCUT2D eigenvalue weighted by molar-refractivity contribution is 9.10. The summed E-state index contributed by atoms with van der Waals surface area (Å²) in [6, 6.07) is 5.69. The average Bonchev–Trinajstić information content (AvgIpc) is 3.24. The van der Waals surface area contributed by atoms with Crippen LogP contribution in [0.2, 0.25) is 0 Å². The lowest BCUT2D eigenvalue weighted by Gasteiger charge is -2.28. The van der Waals surface area contributed by atoms with Gasteiger partial charge >= 0.3 is 5.97 Å². The van der Waals surface area contributed by atoms with Gasteiger partial charge in [0.15, 0.2) is 0 Å². The molecule has 1 aromatic carbocycles. The number of halogens is 1. The first-order valence-corrected chi connectivity index (χ1v) is 9.62. The van der Waals surface area contributed by atoms with Crippen LogP contribution in [0.5, 0.6) is 0 Å². The molecule has 0 spiro atoms. The lowest BCUT2D eigenvalue weighted by Crippen LogP contribution is -2.54. The second-order valence-electron chi connectivity index (χ2n) is 7.11. The van der Waals surface area contributed by atoms with E-state index in [4.69, 9.17) is 4.74 Å². The first kappa shape index (κ1) is 18.9. The number of hydrogen-bond acceptors (Lipinski definition) is 4. The summed E-state index contributed by atoms with van der Waals surface area (Å²) < 4.78 is 5.88. The summed E-state index contributed by atoms with van der Waals surface area (Å²) in [5.41, 5.74) is 0.879. The summed E-state index contributed by atoms with van der Waals surface area (Å²) in [6.07, 6.45) is 3.08. The third-order valence-electron chi connectivity index (χ3n) is 5.34. The third-order valence-corrected chi connectivity index (χ3v) is 6.23. The smallest absolute Gasteiger partial charge is 0.331 e. The Labute approximate surface area is 161 Å². The molecule has 3 rings (SSSR count). The van der Waals surface area contributed by atoms with E-state index in [1.54, 1.807) is 4.90 Å². The maximum Gasteiger partial charge on any atom is 0.331 e. The zero-order valence-electron chi connectivity index (χ0n) is 15.0. The van der Waals surface area contributed by atoms with Crippen molar-refractivity contribution in [3.63, 3.8) is 0 Å². The number of nitrogens with zero attached hydrogens (tertiary/aromatic N) is 1. The van der Waals surface area contributed by atoms with E-state index in [0.29, 0.717) is 19.4 Å². The molecule has 0 aromatic heterocycles. The van der Waals surface area contributed by atoms with Crippen molar-refractivity contribution in [2.75, 3.05) is 18.6 Å². The number of methoxy groups -OCH3 is 1. The number of rotatable bonds is 4. The van der Waals surface area contributed by atoms with Crippen molar-refractivity contribution in [3.8, 4) is 0 Å². The van der Waals surface area contributed by atoms with Gasteiger partial charge in [-0.05, 0) is 43.5 Å². The Kier molecular flexibility index (Phi) is 5.37. The fourth-order valence-corrected chi connectivity index (χ4v) is 4.07. The topological polar surface area (TPSA) is 75.7 Å². The molecule has 140 valence electrons. The molecule has 1 N–H and O–H groups in total. The van der Waals surface area contributed by atoms with E-state index in [1.807, 2.05) is 25.1 Å². The number of benzene rings is 1. The van der Waals surface area contributed by atoms with Gasteiger partial charge in [0, 0.05) is 23.1 Å². The highest BCUT2D eigenvalue weighted by atomic mass is 79.9. The Morgan fingerprint density at radius 3 is 2.62 bits per heavy atom. The minimum absolute atomic E-state index is 0.0783. The molecule has 1 heterocycles. The van der Waals surface area contributed by atoms with Crippen molar-refractivity contribution in [1.82, 2.24) is 5.32 Å². The van der Waals surface area contributed by atoms with E-state index in [-0.39, 0.29) is 18.2 Å². The molecule has 2 aliphatic rings. The Morgan fingerprint density at radius 2 is 2.00 bits per heavy atom. The lowest BCUT2D eigenvalue weighted by atomic mass is 9.96. The molecule has 1 atom stereocenters. The van der Waals surface area contributed by atoms with E-state index >= 15 is 0 Å². The Bertz CT molecular complexity index is 743. The van der Waals surface area contributed by atoms with Gasteiger partial charge in [0.25, 0.3) is 0 Å². The highest BCUT2D eigenvalue weighted by Crippen LogP contribution is 2.33. The van der Waals surface area contributed by atoms with Crippen molar-refractivity contribution >= 4 is 39.4 Å². The first-order chi connectivity index (χ1) is 12.4. The minimum atomic E-state index is -0.934. The van der Waals surface area contributed by atoms with Crippen LogP contribution in [0.3, 0.4) is 0 Å². The average molecular weight is 423 g/mol. The summed E-state index contributed by atoms with van der Waals surface area (Å²) in [5.74, 6) is -1.19. The van der Waals surface area contributed by atoms with Crippen LogP contribution in [0, 0.1) is 12.8 Å². The van der Waals surface area contributed by atoms with Crippen LogP contribution in [0.1, 0.15) is 37.7 Å². The molecule has 1 saturated heterocycles. The number of carbonyl (C=O) groups is 3. The van der Waals surface area contributed by atoms with Gasteiger partial charge in [-0.2, -0.15) is 0 Å². The molecule has 0 bridgehead atoms. The molecule has 1 aliphatic heterocycles. The normalized spacial score (nSPS) is 21.7. The molecule has 7 heteroatoms. The van der Waals surface area contributed by atoms with Crippen LogP contribution in [-0.4, -0.2) is 37.0 Å². The van der Waals surface area contributed by atoms with Crippen molar-refractivity contribution in [2.24, 2.45) is 5.92 Å². The molecule has 1 aliphatic carbocycles. The van der Waals surface area contributed by atoms with Crippen LogP contribution >= 0.6 is 15.9 Å². The standard InChI is InChI=1S/C19H23BrN2O4/c1-12-9-14(5-6-15(12)20)22-11-13(10-16(22)23)17(24)21-19(18(25)26-2)7-3-4-8-19/h5-6,9,13H,3-4,7-8,10-11H2,1-2H3,(H,21,24). The number of nitrogens with one attached hydrogen (secondary N) is 1. The quantitative estimate of drug-likeness (QED) is 0.756. The van der Waals surface area contributed by atoms with Crippen LogP contribution < -0.4 is 10.2 Å². The van der Waals surface area contributed by atoms with Gasteiger partial charge in [-0.25, -0.2) is 4.79 Å². The number of amides is 2. The Hall–Kier alpha value is -1.89. The zero-order chi connectivity index (χ0) is 18.9. The number of hydrogen-bond donors (Lipinski definition) is 1.